The Labute approximate surface area is 134 Å². The van der Waals surface area contributed by atoms with Crippen LogP contribution in [-0.2, 0) is 0 Å². The standard InChI is InChI=1S/C9H22N4O.4ClH/c14-8-9-7-12-4-3-10-1-2-11-5-6-13-9;;;;/h9-14H,1-8H2;4*1H. The van der Waals surface area contributed by atoms with E-state index in [1.165, 1.54) is 0 Å². The molecule has 1 atom stereocenters. The Morgan fingerprint density at radius 2 is 1.17 bits per heavy atom. The molecule has 1 heterocycles. The van der Waals surface area contributed by atoms with Crippen LogP contribution in [0.2, 0.25) is 0 Å². The summed E-state index contributed by atoms with van der Waals surface area (Å²) >= 11 is 0. The molecule has 1 unspecified atom stereocenters. The Bertz CT molecular complexity index is 136. The van der Waals surface area contributed by atoms with Gasteiger partial charge in [0.2, 0.25) is 0 Å². The number of halogens is 4. The topological polar surface area (TPSA) is 68.3 Å². The molecule has 0 aliphatic carbocycles. The van der Waals surface area contributed by atoms with Crippen LogP contribution in [0.25, 0.3) is 0 Å². The first-order valence-electron chi connectivity index (χ1n) is 5.40. The molecule has 0 spiro atoms. The van der Waals surface area contributed by atoms with Crippen molar-refractivity contribution in [1.82, 2.24) is 21.3 Å². The van der Waals surface area contributed by atoms with Gasteiger partial charge in [-0.3, -0.25) is 0 Å². The molecule has 18 heavy (non-hydrogen) atoms. The third-order valence-electron chi connectivity index (χ3n) is 2.30. The van der Waals surface area contributed by atoms with Crippen molar-refractivity contribution in [2.45, 2.75) is 6.04 Å². The van der Waals surface area contributed by atoms with Gasteiger partial charge in [0.25, 0.3) is 0 Å². The zero-order chi connectivity index (χ0) is 10.1. The summed E-state index contributed by atoms with van der Waals surface area (Å²) < 4.78 is 0. The summed E-state index contributed by atoms with van der Waals surface area (Å²) in [7, 11) is 0. The Morgan fingerprint density at radius 3 is 1.67 bits per heavy atom. The SMILES string of the molecule is Cl.Cl.Cl.Cl.OCC1CNCCNCCNCCN1. The summed E-state index contributed by atoms with van der Waals surface area (Å²) in [6.45, 7) is 6.86. The van der Waals surface area contributed by atoms with Gasteiger partial charge in [-0.15, -0.1) is 49.6 Å². The molecule has 116 valence electrons. The second-order valence-electron chi connectivity index (χ2n) is 3.54. The third kappa shape index (κ3) is 15.0. The summed E-state index contributed by atoms with van der Waals surface area (Å²) in [5.74, 6) is 0. The number of hydrogen-bond donors (Lipinski definition) is 5. The van der Waals surface area contributed by atoms with Crippen LogP contribution in [0, 0.1) is 0 Å². The maximum Gasteiger partial charge on any atom is 0.0597 e. The molecule has 5 N–H and O–H groups in total. The highest BCUT2D eigenvalue weighted by molar-refractivity contribution is 5.86. The van der Waals surface area contributed by atoms with Crippen LogP contribution in [0.1, 0.15) is 0 Å². The van der Waals surface area contributed by atoms with Crippen LogP contribution in [-0.4, -0.2) is 63.6 Å². The third-order valence-corrected chi connectivity index (χ3v) is 2.30. The fourth-order valence-electron chi connectivity index (χ4n) is 1.45. The molecule has 1 fully saturated rings. The Kier molecular flexibility index (Phi) is 30.8. The minimum absolute atomic E-state index is 0. The molecule has 1 rings (SSSR count). The van der Waals surface area contributed by atoms with E-state index < -0.39 is 0 Å². The Balaban J connectivity index is -0.000000245. The molecule has 0 aromatic heterocycles. The highest BCUT2D eigenvalue weighted by Gasteiger charge is 2.05. The van der Waals surface area contributed by atoms with Gasteiger partial charge in [-0.1, -0.05) is 0 Å². The van der Waals surface area contributed by atoms with Crippen LogP contribution < -0.4 is 21.3 Å². The minimum atomic E-state index is 0. The molecule has 0 aromatic carbocycles. The molecule has 1 aliphatic rings. The van der Waals surface area contributed by atoms with Crippen LogP contribution in [0.3, 0.4) is 0 Å². The summed E-state index contributed by atoms with van der Waals surface area (Å²) in [5, 5.41) is 22.3. The number of hydrogen-bond acceptors (Lipinski definition) is 5. The normalized spacial score (nSPS) is 21.5. The summed E-state index contributed by atoms with van der Waals surface area (Å²) in [5.41, 5.74) is 0. The van der Waals surface area contributed by atoms with E-state index in [-0.39, 0.29) is 62.3 Å². The smallest absolute Gasteiger partial charge is 0.0597 e. The average molecular weight is 348 g/mol. The van der Waals surface area contributed by atoms with Gasteiger partial charge in [-0.2, -0.15) is 0 Å². The lowest BCUT2D eigenvalue weighted by molar-refractivity contribution is 0.238. The number of aliphatic hydroxyl groups excluding tert-OH is 1. The van der Waals surface area contributed by atoms with Gasteiger partial charge in [0.05, 0.1) is 6.61 Å². The van der Waals surface area contributed by atoms with E-state index in [0.29, 0.717) is 0 Å². The molecular weight excluding hydrogens is 322 g/mol. The highest BCUT2D eigenvalue weighted by atomic mass is 35.5. The van der Waals surface area contributed by atoms with Crippen molar-refractivity contribution in [3.05, 3.63) is 0 Å². The quantitative estimate of drug-likeness (QED) is 0.438. The average Bonchev–Trinajstić information content (AvgIpc) is 2.19. The highest BCUT2D eigenvalue weighted by Crippen LogP contribution is 1.79. The molecule has 1 aliphatic heterocycles. The fraction of sp³-hybridized carbons (Fsp3) is 1.00. The van der Waals surface area contributed by atoms with Crippen molar-refractivity contribution in [2.75, 3.05) is 52.4 Å². The van der Waals surface area contributed by atoms with E-state index in [1.54, 1.807) is 0 Å². The van der Waals surface area contributed by atoms with Crippen molar-refractivity contribution in [3.8, 4) is 0 Å². The van der Waals surface area contributed by atoms with Gasteiger partial charge in [0.1, 0.15) is 0 Å². The summed E-state index contributed by atoms with van der Waals surface area (Å²) in [4.78, 5) is 0. The van der Waals surface area contributed by atoms with Crippen molar-refractivity contribution >= 4 is 49.6 Å². The second-order valence-corrected chi connectivity index (χ2v) is 3.54. The van der Waals surface area contributed by atoms with E-state index in [2.05, 4.69) is 21.3 Å². The van der Waals surface area contributed by atoms with Crippen molar-refractivity contribution < 1.29 is 5.11 Å². The lowest BCUT2D eigenvalue weighted by Gasteiger charge is -2.18. The van der Waals surface area contributed by atoms with Gasteiger partial charge in [0, 0.05) is 51.9 Å². The first-order chi connectivity index (χ1) is 6.93. The fourth-order valence-corrected chi connectivity index (χ4v) is 1.45. The summed E-state index contributed by atoms with van der Waals surface area (Å²) in [6.07, 6.45) is 0. The molecule has 5 nitrogen and oxygen atoms in total. The van der Waals surface area contributed by atoms with Gasteiger partial charge in [-0.05, 0) is 0 Å². The van der Waals surface area contributed by atoms with Crippen molar-refractivity contribution in [3.63, 3.8) is 0 Å². The van der Waals surface area contributed by atoms with Crippen LogP contribution in [0.4, 0.5) is 0 Å². The number of aliphatic hydroxyl groups is 1. The molecule has 0 saturated carbocycles. The lowest BCUT2D eigenvalue weighted by Crippen LogP contribution is -2.46. The van der Waals surface area contributed by atoms with Crippen molar-refractivity contribution in [1.29, 1.82) is 0 Å². The predicted octanol–water partition coefficient (Wildman–Crippen LogP) is -0.593. The van der Waals surface area contributed by atoms with Gasteiger partial charge >= 0.3 is 0 Å². The van der Waals surface area contributed by atoms with Crippen molar-refractivity contribution in [2.24, 2.45) is 0 Å². The first-order valence-corrected chi connectivity index (χ1v) is 5.40. The zero-order valence-corrected chi connectivity index (χ0v) is 13.6. The maximum absolute atomic E-state index is 9.06. The lowest BCUT2D eigenvalue weighted by atomic mass is 10.3. The monoisotopic (exact) mass is 346 g/mol. The van der Waals surface area contributed by atoms with E-state index in [1.807, 2.05) is 0 Å². The Morgan fingerprint density at radius 1 is 0.722 bits per heavy atom. The minimum Gasteiger partial charge on any atom is -0.395 e. The largest absolute Gasteiger partial charge is 0.395 e. The number of nitrogens with one attached hydrogen (secondary N) is 4. The number of rotatable bonds is 1. The van der Waals surface area contributed by atoms with E-state index in [4.69, 9.17) is 5.11 Å². The molecular formula is C9H26Cl4N4O. The maximum atomic E-state index is 9.06. The summed E-state index contributed by atoms with van der Waals surface area (Å²) in [6, 6.07) is 0.177. The van der Waals surface area contributed by atoms with E-state index in [9.17, 15) is 0 Å². The molecule has 0 bridgehead atoms. The van der Waals surface area contributed by atoms with E-state index in [0.717, 1.165) is 45.8 Å². The van der Waals surface area contributed by atoms with Crippen LogP contribution in [0.5, 0.6) is 0 Å². The second kappa shape index (κ2) is 20.3. The van der Waals surface area contributed by atoms with Crippen LogP contribution in [0.15, 0.2) is 0 Å². The Hall–Kier alpha value is 0.960. The van der Waals surface area contributed by atoms with Crippen LogP contribution >= 0.6 is 49.6 Å². The zero-order valence-electron chi connectivity index (χ0n) is 10.3. The first kappa shape index (κ1) is 27.3. The molecule has 0 radical (unpaired) electrons. The van der Waals surface area contributed by atoms with E-state index >= 15 is 0 Å². The molecule has 0 amide bonds. The molecule has 1 saturated heterocycles. The predicted molar refractivity (Wildman–Crippen MR) is 86.5 cm³/mol. The molecule has 9 heteroatoms. The van der Waals surface area contributed by atoms with Gasteiger partial charge in [-0.25, -0.2) is 0 Å². The molecule has 0 aromatic rings. The van der Waals surface area contributed by atoms with Gasteiger partial charge < -0.3 is 26.4 Å². The van der Waals surface area contributed by atoms with Gasteiger partial charge in [0.15, 0.2) is 0 Å².